The molecule has 0 aliphatic rings. The second-order valence-electron chi connectivity index (χ2n) is 3.66. The first-order chi connectivity index (χ1) is 8.00. The number of alkyl halides is 1. The van der Waals surface area contributed by atoms with Crippen molar-refractivity contribution in [3.8, 4) is 0 Å². The van der Waals surface area contributed by atoms with Gasteiger partial charge in [0.25, 0.3) is 0 Å². The van der Waals surface area contributed by atoms with E-state index in [1.807, 2.05) is 17.7 Å². The molecule has 0 aliphatic carbocycles. The van der Waals surface area contributed by atoms with Gasteiger partial charge in [0.1, 0.15) is 11.6 Å². The second-order valence-corrected chi connectivity index (χ2v) is 5.69. The van der Waals surface area contributed by atoms with E-state index < -0.39 is 17.0 Å². The van der Waals surface area contributed by atoms with Crippen molar-refractivity contribution >= 4 is 38.9 Å². The van der Waals surface area contributed by atoms with Crippen LogP contribution >= 0.6 is 38.9 Å². The van der Waals surface area contributed by atoms with E-state index in [9.17, 15) is 8.78 Å². The Labute approximate surface area is 115 Å². The first kappa shape index (κ1) is 13.0. The molecule has 0 nitrogen and oxygen atoms in total. The fourth-order valence-corrected chi connectivity index (χ4v) is 3.20. The van der Waals surface area contributed by atoms with E-state index in [1.165, 1.54) is 11.3 Å². The fraction of sp³-hybridized carbons (Fsp3) is 0.167. The van der Waals surface area contributed by atoms with Crippen molar-refractivity contribution in [2.45, 2.75) is 12.3 Å². The third kappa shape index (κ3) is 2.54. The number of benzene rings is 1. The normalized spacial score (nSPS) is 12.8. The fourth-order valence-electron chi connectivity index (χ4n) is 1.53. The highest BCUT2D eigenvalue weighted by atomic mass is 79.9. The number of halogens is 4. The molecule has 0 spiro atoms. The Morgan fingerprint density at radius 1 is 1.18 bits per heavy atom. The SMILES string of the molecule is Cc1cscc1C(Cl)c1cc(F)c(Br)cc1F. The summed E-state index contributed by atoms with van der Waals surface area (Å²) in [6, 6.07) is 2.23. The number of thiophene rings is 1. The summed E-state index contributed by atoms with van der Waals surface area (Å²) in [5.41, 5.74) is 1.96. The molecule has 1 aromatic carbocycles. The van der Waals surface area contributed by atoms with E-state index in [0.717, 1.165) is 23.3 Å². The van der Waals surface area contributed by atoms with E-state index in [4.69, 9.17) is 11.6 Å². The zero-order valence-corrected chi connectivity index (χ0v) is 12.0. The standard InChI is InChI=1S/C12H8BrClF2S/c1-6-4-17-5-8(6)12(14)7-2-11(16)9(13)3-10(7)15/h2-5,12H,1H3. The van der Waals surface area contributed by atoms with E-state index in [0.29, 0.717) is 0 Å². The van der Waals surface area contributed by atoms with Gasteiger partial charge in [0.05, 0.1) is 9.85 Å². The van der Waals surface area contributed by atoms with Crippen LogP contribution in [-0.2, 0) is 0 Å². The van der Waals surface area contributed by atoms with Crippen LogP contribution in [0, 0.1) is 18.6 Å². The Morgan fingerprint density at radius 2 is 1.88 bits per heavy atom. The van der Waals surface area contributed by atoms with Gasteiger partial charge in [0.15, 0.2) is 0 Å². The predicted octanol–water partition coefficient (Wildman–Crippen LogP) is 5.43. The summed E-state index contributed by atoms with van der Waals surface area (Å²) in [6.07, 6.45) is 0. The Morgan fingerprint density at radius 3 is 2.47 bits per heavy atom. The molecule has 0 saturated heterocycles. The summed E-state index contributed by atoms with van der Waals surface area (Å²) >= 11 is 10.6. The van der Waals surface area contributed by atoms with Gasteiger partial charge in [-0.25, -0.2) is 8.78 Å². The van der Waals surface area contributed by atoms with Gasteiger partial charge in [-0.15, -0.1) is 11.6 Å². The van der Waals surface area contributed by atoms with Crippen LogP contribution in [0.15, 0.2) is 27.4 Å². The molecule has 1 heterocycles. The molecule has 1 aromatic heterocycles. The topological polar surface area (TPSA) is 0 Å². The summed E-state index contributed by atoms with van der Waals surface area (Å²) < 4.78 is 27.2. The van der Waals surface area contributed by atoms with Crippen molar-refractivity contribution < 1.29 is 8.78 Å². The van der Waals surface area contributed by atoms with Crippen molar-refractivity contribution in [1.82, 2.24) is 0 Å². The first-order valence-corrected chi connectivity index (χ1v) is 6.99. The van der Waals surface area contributed by atoms with Crippen molar-refractivity contribution in [2.75, 3.05) is 0 Å². The lowest BCUT2D eigenvalue weighted by molar-refractivity contribution is 0.582. The third-order valence-electron chi connectivity index (χ3n) is 2.48. The van der Waals surface area contributed by atoms with Gasteiger partial charge in [-0.05, 0) is 56.9 Å². The summed E-state index contributed by atoms with van der Waals surface area (Å²) in [4.78, 5) is 0. The maximum Gasteiger partial charge on any atom is 0.137 e. The molecule has 0 radical (unpaired) electrons. The average molecular weight is 338 g/mol. The molecule has 0 saturated carbocycles. The Hall–Kier alpha value is -0.450. The van der Waals surface area contributed by atoms with E-state index in [-0.39, 0.29) is 10.0 Å². The van der Waals surface area contributed by atoms with Crippen molar-refractivity contribution in [1.29, 1.82) is 0 Å². The second kappa shape index (κ2) is 5.04. The Bertz CT molecular complexity index is 553. The zero-order chi connectivity index (χ0) is 12.6. The summed E-state index contributed by atoms with van der Waals surface area (Å²) in [7, 11) is 0. The lowest BCUT2D eigenvalue weighted by Crippen LogP contribution is -1.99. The lowest BCUT2D eigenvalue weighted by Gasteiger charge is -2.11. The highest BCUT2D eigenvalue weighted by molar-refractivity contribution is 9.10. The van der Waals surface area contributed by atoms with Crippen molar-refractivity contribution in [3.05, 3.63) is 55.7 Å². The van der Waals surface area contributed by atoms with E-state index in [2.05, 4.69) is 15.9 Å². The third-order valence-corrected chi connectivity index (χ3v) is 4.44. The quantitative estimate of drug-likeness (QED) is 0.506. The molecule has 0 amide bonds. The van der Waals surface area contributed by atoms with E-state index in [1.54, 1.807) is 0 Å². The predicted molar refractivity (Wildman–Crippen MR) is 70.8 cm³/mol. The minimum absolute atomic E-state index is 0.102. The number of rotatable bonds is 2. The van der Waals surface area contributed by atoms with Crippen LogP contribution in [-0.4, -0.2) is 0 Å². The van der Waals surface area contributed by atoms with Crippen LogP contribution in [0.25, 0.3) is 0 Å². The first-order valence-electron chi connectivity index (χ1n) is 4.82. The molecule has 0 bridgehead atoms. The molecule has 2 rings (SSSR count). The van der Waals surface area contributed by atoms with Gasteiger partial charge in [-0.3, -0.25) is 0 Å². The Kier molecular flexibility index (Phi) is 3.85. The van der Waals surface area contributed by atoms with Crippen LogP contribution in [0.2, 0.25) is 0 Å². The number of hydrogen-bond acceptors (Lipinski definition) is 1. The smallest absolute Gasteiger partial charge is 0.137 e. The largest absolute Gasteiger partial charge is 0.207 e. The summed E-state index contributed by atoms with van der Waals surface area (Å²) in [6.45, 7) is 1.90. The van der Waals surface area contributed by atoms with Gasteiger partial charge in [0.2, 0.25) is 0 Å². The van der Waals surface area contributed by atoms with Crippen LogP contribution in [0.1, 0.15) is 22.1 Å². The molecule has 0 fully saturated rings. The minimum Gasteiger partial charge on any atom is -0.207 e. The maximum atomic E-state index is 13.7. The molecular weight excluding hydrogens is 330 g/mol. The van der Waals surface area contributed by atoms with E-state index >= 15 is 0 Å². The lowest BCUT2D eigenvalue weighted by atomic mass is 10.0. The summed E-state index contributed by atoms with van der Waals surface area (Å²) in [5, 5.41) is 3.12. The van der Waals surface area contributed by atoms with Gasteiger partial charge in [-0.2, -0.15) is 11.3 Å². The van der Waals surface area contributed by atoms with Gasteiger partial charge in [-0.1, -0.05) is 0 Å². The van der Waals surface area contributed by atoms with Crippen molar-refractivity contribution in [2.24, 2.45) is 0 Å². The monoisotopic (exact) mass is 336 g/mol. The molecule has 1 unspecified atom stereocenters. The molecule has 0 aliphatic heterocycles. The number of aryl methyl sites for hydroxylation is 1. The number of hydrogen-bond donors (Lipinski definition) is 0. The minimum atomic E-state index is -0.663. The van der Waals surface area contributed by atoms with Crippen LogP contribution < -0.4 is 0 Å². The van der Waals surface area contributed by atoms with Crippen LogP contribution in [0.5, 0.6) is 0 Å². The van der Waals surface area contributed by atoms with Gasteiger partial charge >= 0.3 is 0 Å². The highest BCUT2D eigenvalue weighted by Gasteiger charge is 2.19. The highest BCUT2D eigenvalue weighted by Crippen LogP contribution is 2.35. The van der Waals surface area contributed by atoms with Crippen LogP contribution in [0.4, 0.5) is 8.78 Å². The van der Waals surface area contributed by atoms with Crippen molar-refractivity contribution in [3.63, 3.8) is 0 Å². The summed E-state index contributed by atoms with van der Waals surface area (Å²) in [5.74, 6) is -1.02. The average Bonchev–Trinajstić information content (AvgIpc) is 2.69. The molecule has 90 valence electrons. The maximum absolute atomic E-state index is 13.7. The van der Waals surface area contributed by atoms with Gasteiger partial charge < -0.3 is 0 Å². The van der Waals surface area contributed by atoms with Gasteiger partial charge in [0, 0.05) is 5.56 Å². The molecule has 17 heavy (non-hydrogen) atoms. The molecule has 1 atom stereocenters. The molecule has 2 aromatic rings. The molecular formula is C12H8BrClF2S. The molecule has 5 heteroatoms. The molecule has 0 N–H and O–H groups in total. The van der Waals surface area contributed by atoms with Crippen LogP contribution in [0.3, 0.4) is 0 Å². The zero-order valence-electron chi connectivity index (χ0n) is 8.81. The Balaban J connectivity index is 2.48.